The standard InChI is InChI=1S/C21H26N4O3S/c1-5-25(14-16-10-12-17(13-11-16)23(2)3)20(26)15-24(4)21-18-8-6-7-9-19(18)29(27,28)22-21/h6-13H,5,14-15H2,1-4H3. The number of amides is 1. The van der Waals surface area contributed by atoms with E-state index in [0.717, 1.165) is 11.3 Å². The molecule has 0 radical (unpaired) electrons. The van der Waals surface area contributed by atoms with Gasteiger partial charge in [0, 0.05) is 45.5 Å². The summed E-state index contributed by atoms with van der Waals surface area (Å²) in [5, 5.41) is 0. The molecule has 0 N–H and O–H groups in total. The van der Waals surface area contributed by atoms with E-state index < -0.39 is 10.0 Å². The van der Waals surface area contributed by atoms with E-state index in [1.165, 1.54) is 6.07 Å². The number of sulfonamides is 1. The maximum atomic E-state index is 12.9. The van der Waals surface area contributed by atoms with Crippen LogP contribution < -0.4 is 4.90 Å². The molecule has 0 aliphatic carbocycles. The Kier molecular flexibility index (Phi) is 5.93. The van der Waals surface area contributed by atoms with Crippen LogP contribution in [0.2, 0.25) is 0 Å². The highest BCUT2D eigenvalue weighted by Gasteiger charge is 2.31. The van der Waals surface area contributed by atoms with Crippen LogP contribution in [-0.4, -0.2) is 64.2 Å². The summed E-state index contributed by atoms with van der Waals surface area (Å²) in [4.78, 5) is 18.4. The summed E-state index contributed by atoms with van der Waals surface area (Å²) in [5.74, 6) is 0.219. The van der Waals surface area contributed by atoms with E-state index >= 15 is 0 Å². The van der Waals surface area contributed by atoms with Gasteiger partial charge < -0.3 is 14.7 Å². The van der Waals surface area contributed by atoms with Crippen LogP contribution in [0.25, 0.3) is 0 Å². The van der Waals surface area contributed by atoms with Gasteiger partial charge in [-0.05, 0) is 36.8 Å². The van der Waals surface area contributed by atoms with E-state index in [4.69, 9.17) is 0 Å². The van der Waals surface area contributed by atoms with Crippen molar-refractivity contribution in [2.45, 2.75) is 18.4 Å². The van der Waals surface area contributed by atoms with Gasteiger partial charge in [0.25, 0.3) is 10.0 Å². The number of rotatable bonds is 6. The first kappa shape index (κ1) is 20.9. The highest BCUT2D eigenvalue weighted by Crippen LogP contribution is 2.27. The van der Waals surface area contributed by atoms with Crippen molar-refractivity contribution in [2.24, 2.45) is 4.40 Å². The number of anilines is 1. The molecule has 29 heavy (non-hydrogen) atoms. The van der Waals surface area contributed by atoms with Crippen LogP contribution in [-0.2, 0) is 21.4 Å². The Balaban J connectivity index is 1.71. The minimum Gasteiger partial charge on any atom is -0.378 e. The summed E-state index contributed by atoms with van der Waals surface area (Å²) in [7, 11) is 1.95. The third-order valence-corrected chi connectivity index (χ3v) is 6.23. The molecule has 1 aliphatic heterocycles. The Morgan fingerprint density at radius 3 is 2.28 bits per heavy atom. The number of likely N-dealkylation sites (N-methyl/N-ethyl adjacent to an activating group) is 2. The molecule has 0 saturated heterocycles. The molecule has 0 unspecified atom stereocenters. The van der Waals surface area contributed by atoms with Crippen LogP contribution in [0.1, 0.15) is 18.1 Å². The molecule has 0 bridgehead atoms. The van der Waals surface area contributed by atoms with E-state index in [0.29, 0.717) is 24.5 Å². The Bertz CT molecular complexity index is 1030. The van der Waals surface area contributed by atoms with Crippen LogP contribution in [0.5, 0.6) is 0 Å². The third kappa shape index (κ3) is 4.42. The van der Waals surface area contributed by atoms with Crippen molar-refractivity contribution in [3.63, 3.8) is 0 Å². The van der Waals surface area contributed by atoms with Crippen molar-refractivity contribution >= 4 is 27.5 Å². The molecule has 2 aromatic carbocycles. The number of carbonyl (C=O) groups excluding carboxylic acids is 1. The molecule has 0 spiro atoms. The average molecular weight is 415 g/mol. The first-order chi connectivity index (χ1) is 13.7. The zero-order valence-corrected chi connectivity index (χ0v) is 18.0. The zero-order chi connectivity index (χ0) is 21.2. The van der Waals surface area contributed by atoms with Crippen molar-refractivity contribution in [1.82, 2.24) is 9.80 Å². The Morgan fingerprint density at radius 1 is 1.00 bits per heavy atom. The third-order valence-electron chi connectivity index (χ3n) is 4.91. The SMILES string of the molecule is CCN(Cc1ccc(N(C)C)cc1)C(=O)CN(C)C1=NS(=O)(=O)c2ccccc21. The lowest BCUT2D eigenvalue weighted by Gasteiger charge is -2.25. The molecule has 0 fully saturated rings. The maximum Gasteiger partial charge on any atom is 0.285 e. The number of amidine groups is 1. The molecule has 0 aromatic heterocycles. The van der Waals surface area contributed by atoms with Crippen molar-refractivity contribution in [3.8, 4) is 0 Å². The van der Waals surface area contributed by atoms with Crippen molar-refractivity contribution in [2.75, 3.05) is 39.1 Å². The lowest BCUT2D eigenvalue weighted by molar-refractivity contribution is -0.131. The number of hydrogen-bond donors (Lipinski definition) is 0. The van der Waals surface area contributed by atoms with Crippen molar-refractivity contribution in [1.29, 1.82) is 0 Å². The molecule has 2 aromatic rings. The molecular weight excluding hydrogens is 388 g/mol. The van der Waals surface area contributed by atoms with Gasteiger partial charge in [-0.25, -0.2) is 0 Å². The van der Waals surface area contributed by atoms with Crippen molar-refractivity contribution < 1.29 is 13.2 Å². The van der Waals surface area contributed by atoms with E-state index in [1.807, 2.05) is 50.2 Å². The van der Waals surface area contributed by atoms with Gasteiger partial charge in [-0.3, -0.25) is 4.79 Å². The summed E-state index contributed by atoms with van der Waals surface area (Å²) >= 11 is 0. The topological polar surface area (TPSA) is 73.3 Å². The monoisotopic (exact) mass is 414 g/mol. The molecule has 3 rings (SSSR count). The number of fused-ring (bicyclic) bond motifs is 1. The largest absolute Gasteiger partial charge is 0.378 e. The molecule has 0 atom stereocenters. The lowest BCUT2D eigenvalue weighted by Crippen LogP contribution is -2.40. The van der Waals surface area contributed by atoms with Gasteiger partial charge in [-0.2, -0.15) is 8.42 Å². The number of nitrogens with zero attached hydrogens (tertiary/aromatic N) is 4. The second kappa shape index (κ2) is 8.24. The normalized spacial score (nSPS) is 14.1. The minimum absolute atomic E-state index is 0.0479. The first-order valence-electron chi connectivity index (χ1n) is 9.42. The average Bonchev–Trinajstić information content (AvgIpc) is 2.98. The van der Waals surface area contributed by atoms with E-state index in [-0.39, 0.29) is 17.3 Å². The second-order valence-corrected chi connectivity index (χ2v) is 8.78. The maximum absolute atomic E-state index is 12.9. The molecule has 0 saturated carbocycles. The molecule has 1 heterocycles. The zero-order valence-electron chi connectivity index (χ0n) is 17.2. The molecule has 8 heteroatoms. The van der Waals surface area contributed by atoms with E-state index in [9.17, 15) is 13.2 Å². The molecule has 1 aliphatic rings. The van der Waals surface area contributed by atoms with E-state index in [2.05, 4.69) is 4.40 Å². The van der Waals surface area contributed by atoms with E-state index in [1.54, 1.807) is 35.0 Å². The van der Waals surface area contributed by atoms with Crippen molar-refractivity contribution in [3.05, 3.63) is 59.7 Å². The molecule has 7 nitrogen and oxygen atoms in total. The smallest absolute Gasteiger partial charge is 0.285 e. The van der Waals surface area contributed by atoms with Crippen LogP contribution in [0.4, 0.5) is 5.69 Å². The predicted molar refractivity (Wildman–Crippen MR) is 115 cm³/mol. The van der Waals surface area contributed by atoms with Crippen LogP contribution in [0.3, 0.4) is 0 Å². The molecular formula is C21H26N4O3S. The van der Waals surface area contributed by atoms with Crippen LogP contribution in [0.15, 0.2) is 57.8 Å². The van der Waals surface area contributed by atoms with Gasteiger partial charge in [0.05, 0.1) is 6.54 Å². The molecule has 1 amide bonds. The second-order valence-electron chi connectivity index (χ2n) is 7.21. The Labute approximate surface area is 172 Å². The first-order valence-corrected chi connectivity index (χ1v) is 10.9. The summed E-state index contributed by atoms with van der Waals surface area (Å²) in [6.07, 6.45) is 0. The minimum atomic E-state index is -3.70. The number of carbonyl (C=O) groups is 1. The lowest BCUT2D eigenvalue weighted by atomic mass is 10.1. The highest BCUT2D eigenvalue weighted by molar-refractivity contribution is 7.90. The predicted octanol–water partition coefficient (Wildman–Crippen LogP) is 2.18. The van der Waals surface area contributed by atoms with Gasteiger partial charge in [0.1, 0.15) is 4.90 Å². The fourth-order valence-corrected chi connectivity index (χ4v) is 4.49. The number of hydrogen-bond acceptors (Lipinski definition) is 5. The fourth-order valence-electron chi connectivity index (χ4n) is 3.24. The fraction of sp³-hybridized carbons (Fsp3) is 0.333. The number of benzene rings is 2. The Hall–Kier alpha value is -2.87. The van der Waals surface area contributed by atoms with Gasteiger partial charge >= 0.3 is 0 Å². The molecule has 154 valence electrons. The summed E-state index contributed by atoms with van der Waals surface area (Å²) in [6.45, 7) is 3.03. The van der Waals surface area contributed by atoms with Gasteiger partial charge in [0.15, 0.2) is 5.84 Å². The quantitative estimate of drug-likeness (QED) is 0.724. The summed E-state index contributed by atoms with van der Waals surface area (Å²) in [6, 6.07) is 14.7. The van der Waals surface area contributed by atoms with Gasteiger partial charge in [-0.15, -0.1) is 4.40 Å². The Morgan fingerprint density at radius 2 is 1.66 bits per heavy atom. The highest BCUT2D eigenvalue weighted by atomic mass is 32.2. The summed E-state index contributed by atoms with van der Waals surface area (Å²) in [5.41, 5.74) is 2.67. The van der Waals surface area contributed by atoms with Crippen LogP contribution >= 0.6 is 0 Å². The summed E-state index contributed by atoms with van der Waals surface area (Å²) < 4.78 is 28.4. The van der Waals surface area contributed by atoms with Crippen LogP contribution in [0, 0.1) is 0 Å². The van der Waals surface area contributed by atoms with Gasteiger partial charge in [-0.1, -0.05) is 24.3 Å². The van der Waals surface area contributed by atoms with Gasteiger partial charge in [0.2, 0.25) is 5.91 Å².